The van der Waals surface area contributed by atoms with E-state index >= 15 is 0 Å². The molecule has 0 aliphatic carbocycles. The van der Waals surface area contributed by atoms with Crippen LogP contribution in [0.3, 0.4) is 0 Å². The predicted octanol–water partition coefficient (Wildman–Crippen LogP) is 4.30. The molecule has 0 aromatic heterocycles. The molecule has 0 aliphatic rings. The molecule has 0 fully saturated rings. The second kappa shape index (κ2) is 4.29. The summed E-state index contributed by atoms with van der Waals surface area (Å²) in [5.74, 6) is 0. The summed E-state index contributed by atoms with van der Waals surface area (Å²) in [4.78, 5) is 0. The van der Waals surface area contributed by atoms with Crippen molar-refractivity contribution in [1.82, 2.24) is 0 Å². The highest BCUT2D eigenvalue weighted by atomic mass is 28.3. The molecule has 0 aliphatic heterocycles. The van der Waals surface area contributed by atoms with Crippen LogP contribution in [0, 0.1) is 0 Å². The van der Waals surface area contributed by atoms with Crippen LogP contribution < -0.4 is 0 Å². The summed E-state index contributed by atoms with van der Waals surface area (Å²) in [5.41, 5.74) is 1.97. The molecular weight excluding hydrogens is 148 g/mol. The average Bonchev–Trinajstić information content (AvgIpc) is 2.01. The molecule has 0 rings (SSSR count). The van der Waals surface area contributed by atoms with E-state index in [1.807, 2.05) is 0 Å². The maximum atomic E-state index is 2.54. The van der Waals surface area contributed by atoms with Gasteiger partial charge in [-0.1, -0.05) is 53.6 Å². The number of hydrogen-bond acceptors (Lipinski definition) is 0. The van der Waals surface area contributed by atoms with Crippen LogP contribution in [0.1, 0.15) is 40.5 Å². The van der Waals surface area contributed by atoms with Crippen LogP contribution in [0.15, 0.2) is 0 Å². The molecule has 0 saturated heterocycles. The first-order chi connectivity index (χ1) is 4.96. The van der Waals surface area contributed by atoms with Crippen molar-refractivity contribution in [2.45, 2.75) is 64.7 Å². The zero-order valence-electron chi connectivity index (χ0n) is 9.07. The monoisotopic (exact) mass is 172 g/mol. The van der Waals surface area contributed by atoms with Crippen molar-refractivity contribution in [3.8, 4) is 0 Å². The van der Waals surface area contributed by atoms with E-state index in [-0.39, 0.29) is 0 Å². The van der Waals surface area contributed by atoms with E-state index in [0.29, 0.717) is 0 Å². The molecule has 0 N–H and O–H groups in total. The Morgan fingerprint density at radius 2 is 1.18 bits per heavy atom. The Balaban J connectivity index is 4.18. The van der Waals surface area contributed by atoms with Crippen molar-refractivity contribution < 1.29 is 0 Å². The topological polar surface area (TPSA) is 0 Å². The zero-order valence-corrected chi connectivity index (χ0v) is 10.1. The fraction of sp³-hybridized carbons (Fsp3) is 1.00. The second-order valence-electron chi connectivity index (χ2n) is 4.44. The second-order valence-corrected chi connectivity index (χ2v) is 10.1. The van der Waals surface area contributed by atoms with Gasteiger partial charge >= 0.3 is 0 Å². The van der Waals surface area contributed by atoms with Crippen molar-refractivity contribution in [2.75, 3.05) is 0 Å². The van der Waals surface area contributed by atoms with Crippen molar-refractivity contribution >= 4 is 8.07 Å². The standard InChI is InChI=1S/C10H24Si/c1-7-9(3)11(5,6)10(4)8-2/h9-10H,7-8H2,1-6H3. The third-order valence-corrected chi connectivity index (χ3v) is 9.66. The van der Waals surface area contributed by atoms with Crippen LogP contribution in [0.4, 0.5) is 0 Å². The molecule has 0 heterocycles. The lowest BCUT2D eigenvalue weighted by Gasteiger charge is -2.34. The molecule has 0 saturated carbocycles. The molecular formula is C10H24Si. The van der Waals surface area contributed by atoms with Gasteiger partial charge < -0.3 is 0 Å². The lowest BCUT2D eigenvalue weighted by Crippen LogP contribution is -2.35. The van der Waals surface area contributed by atoms with Gasteiger partial charge in [0.2, 0.25) is 0 Å². The SMILES string of the molecule is CCC(C)[Si](C)(C)C(C)CC. The average molecular weight is 172 g/mol. The van der Waals surface area contributed by atoms with Crippen molar-refractivity contribution in [1.29, 1.82) is 0 Å². The van der Waals surface area contributed by atoms with Crippen molar-refractivity contribution in [3.05, 3.63) is 0 Å². The Bertz CT molecular complexity index is 95.4. The van der Waals surface area contributed by atoms with E-state index in [9.17, 15) is 0 Å². The van der Waals surface area contributed by atoms with Crippen molar-refractivity contribution in [2.24, 2.45) is 0 Å². The Labute approximate surface area is 73.4 Å². The summed E-state index contributed by atoms with van der Waals surface area (Å²) in [5, 5.41) is 0. The molecule has 2 atom stereocenters. The normalized spacial score (nSPS) is 18.0. The number of rotatable bonds is 4. The lowest BCUT2D eigenvalue weighted by molar-refractivity contribution is 0.761. The van der Waals surface area contributed by atoms with Gasteiger partial charge in [-0.15, -0.1) is 0 Å². The smallest absolute Gasteiger partial charge is 0.0530 e. The molecule has 11 heavy (non-hydrogen) atoms. The molecule has 0 aromatic carbocycles. The van der Waals surface area contributed by atoms with Gasteiger partial charge in [-0.2, -0.15) is 0 Å². The summed E-state index contributed by atoms with van der Waals surface area (Å²) in [6.07, 6.45) is 2.73. The van der Waals surface area contributed by atoms with Crippen LogP contribution in [-0.4, -0.2) is 8.07 Å². The third kappa shape index (κ3) is 2.62. The predicted molar refractivity (Wildman–Crippen MR) is 56.9 cm³/mol. The first kappa shape index (κ1) is 11.2. The Morgan fingerprint density at radius 3 is 1.36 bits per heavy atom. The van der Waals surface area contributed by atoms with Crippen LogP contribution in [-0.2, 0) is 0 Å². The van der Waals surface area contributed by atoms with Gasteiger partial charge in [-0.3, -0.25) is 0 Å². The van der Waals surface area contributed by atoms with E-state index in [1.54, 1.807) is 0 Å². The molecule has 0 nitrogen and oxygen atoms in total. The number of hydrogen-bond donors (Lipinski definition) is 0. The first-order valence-electron chi connectivity index (χ1n) is 4.96. The fourth-order valence-corrected chi connectivity index (χ4v) is 4.61. The Morgan fingerprint density at radius 1 is 0.909 bits per heavy atom. The minimum Gasteiger partial charge on any atom is -0.0690 e. The molecule has 68 valence electrons. The van der Waals surface area contributed by atoms with Gasteiger partial charge in [-0.05, 0) is 11.1 Å². The summed E-state index contributed by atoms with van der Waals surface area (Å²) >= 11 is 0. The van der Waals surface area contributed by atoms with Gasteiger partial charge in [0.15, 0.2) is 0 Å². The highest BCUT2D eigenvalue weighted by Crippen LogP contribution is 2.36. The van der Waals surface area contributed by atoms with Gasteiger partial charge in [0.1, 0.15) is 0 Å². The summed E-state index contributed by atoms with van der Waals surface area (Å²) in [7, 11) is -0.910. The minimum absolute atomic E-state index is 0.910. The Hall–Kier alpha value is 0.217. The molecule has 0 bridgehead atoms. The van der Waals surface area contributed by atoms with E-state index in [2.05, 4.69) is 40.8 Å². The van der Waals surface area contributed by atoms with E-state index < -0.39 is 8.07 Å². The molecule has 0 radical (unpaired) electrons. The van der Waals surface area contributed by atoms with Gasteiger partial charge in [0, 0.05) is 0 Å². The van der Waals surface area contributed by atoms with Crippen LogP contribution in [0.5, 0.6) is 0 Å². The van der Waals surface area contributed by atoms with Crippen molar-refractivity contribution in [3.63, 3.8) is 0 Å². The summed E-state index contributed by atoms with van der Waals surface area (Å²) < 4.78 is 0. The van der Waals surface area contributed by atoms with Gasteiger partial charge in [0.05, 0.1) is 8.07 Å². The summed E-state index contributed by atoms with van der Waals surface area (Å²) in [6, 6.07) is 0. The summed E-state index contributed by atoms with van der Waals surface area (Å²) in [6.45, 7) is 14.6. The lowest BCUT2D eigenvalue weighted by atomic mass is 10.3. The quantitative estimate of drug-likeness (QED) is 0.555. The maximum Gasteiger partial charge on any atom is 0.0530 e. The van der Waals surface area contributed by atoms with Crippen LogP contribution in [0.2, 0.25) is 24.2 Å². The van der Waals surface area contributed by atoms with E-state index in [0.717, 1.165) is 11.1 Å². The van der Waals surface area contributed by atoms with E-state index in [1.165, 1.54) is 12.8 Å². The molecule has 0 amide bonds. The van der Waals surface area contributed by atoms with Crippen LogP contribution in [0.25, 0.3) is 0 Å². The largest absolute Gasteiger partial charge is 0.0690 e. The highest BCUT2D eigenvalue weighted by molar-refractivity contribution is 6.80. The fourth-order valence-electron chi connectivity index (χ4n) is 1.54. The molecule has 0 spiro atoms. The highest BCUT2D eigenvalue weighted by Gasteiger charge is 2.31. The Kier molecular flexibility index (Phi) is 4.38. The zero-order chi connectivity index (χ0) is 9.07. The molecule has 1 heteroatoms. The molecule has 2 unspecified atom stereocenters. The third-order valence-electron chi connectivity index (χ3n) is 3.76. The maximum absolute atomic E-state index is 2.54. The van der Waals surface area contributed by atoms with E-state index in [4.69, 9.17) is 0 Å². The van der Waals surface area contributed by atoms with Gasteiger partial charge in [-0.25, -0.2) is 0 Å². The van der Waals surface area contributed by atoms with Gasteiger partial charge in [0.25, 0.3) is 0 Å². The van der Waals surface area contributed by atoms with Crippen LogP contribution >= 0.6 is 0 Å². The first-order valence-corrected chi connectivity index (χ1v) is 8.12. The minimum atomic E-state index is -0.910. The molecule has 0 aromatic rings.